The van der Waals surface area contributed by atoms with Gasteiger partial charge in [-0.2, -0.15) is 0 Å². The first-order valence-corrected chi connectivity index (χ1v) is 9.04. The molecule has 0 radical (unpaired) electrons. The Morgan fingerprint density at radius 2 is 1.96 bits per heavy atom. The van der Waals surface area contributed by atoms with Gasteiger partial charge in [-0.25, -0.2) is 4.98 Å². The molecule has 0 saturated heterocycles. The van der Waals surface area contributed by atoms with Crippen LogP contribution in [0.3, 0.4) is 0 Å². The Bertz CT molecular complexity index is 1050. The Morgan fingerprint density at radius 1 is 1.12 bits per heavy atom. The van der Waals surface area contributed by atoms with E-state index in [1.165, 1.54) is 0 Å². The fourth-order valence-corrected chi connectivity index (χ4v) is 3.47. The molecule has 1 amide bonds. The van der Waals surface area contributed by atoms with Crippen LogP contribution in [0, 0.1) is 6.92 Å². The summed E-state index contributed by atoms with van der Waals surface area (Å²) in [5, 5.41) is 3.50. The number of aromatic nitrogens is 2. The molecule has 1 aliphatic heterocycles. The Hall–Kier alpha value is -2.95. The van der Waals surface area contributed by atoms with Gasteiger partial charge in [-0.3, -0.25) is 14.2 Å². The number of anilines is 1. The quantitative estimate of drug-likeness (QED) is 0.769. The van der Waals surface area contributed by atoms with Crippen molar-refractivity contribution in [2.45, 2.75) is 39.2 Å². The molecule has 2 heterocycles. The SMILES string of the molecule is Cc1ccccc1NC(=O)c1ccc2c(=O)n3c(nc2c1)CCCCC3. The zero-order valence-electron chi connectivity index (χ0n) is 14.8. The van der Waals surface area contributed by atoms with Gasteiger partial charge in [-0.05, 0) is 49.6 Å². The molecule has 5 nitrogen and oxygen atoms in total. The van der Waals surface area contributed by atoms with Gasteiger partial charge in [-0.1, -0.05) is 24.6 Å². The number of nitrogens with zero attached hydrogens (tertiary/aromatic N) is 2. The van der Waals surface area contributed by atoms with Gasteiger partial charge in [0.2, 0.25) is 0 Å². The second-order valence-corrected chi connectivity index (χ2v) is 6.80. The fraction of sp³-hybridized carbons (Fsp3) is 0.286. The van der Waals surface area contributed by atoms with Crippen LogP contribution < -0.4 is 10.9 Å². The van der Waals surface area contributed by atoms with Gasteiger partial charge in [-0.15, -0.1) is 0 Å². The highest BCUT2D eigenvalue weighted by atomic mass is 16.1. The molecule has 1 aliphatic rings. The lowest BCUT2D eigenvalue weighted by atomic mass is 10.1. The first-order valence-electron chi connectivity index (χ1n) is 9.04. The van der Waals surface area contributed by atoms with Gasteiger partial charge in [0.05, 0.1) is 10.9 Å². The van der Waals surface area contributed by atoms with E-state index in [0.29, 0.717) is 16.5 Å². The summed E-state index contributed by atoms with van der Waals surface area (Å²) in [5.74, 6) is 0.634. The van der Waals surface area contributed by atoms with Gasteiger partial charge < -0.3 is 5.32 Å². The lowest BCUT2D eigenvalue weighted by molar-refractivity contribution is 0.102. The molecule has 0 unspecified atom stereocenters. The average molecular weight is 347 g/mol. The lowest BCUT2D eigenvalue weighted by Crippen LogP contribution is -2.24. The van der Waals surface area contributed by atoms with Crippen molar-refractivity contribution in [2.24, 2.45) is 0 Å². The number of aryl methyl sites for hydroxylation is 2. The third-order valence-electron chi connectivity index (χ3n) is 4.97. The summed E-state index contributed by atoms with van der Waals surface area (Å²) < 4.78 is 1.79. The highest BCUT2D eigenvalue weighted by Gasteiger charge is 2.15. The number of hydrogen-bond donors (Lipinski definition) is 1. The summed E-state index contributed by atoms with van der Waals surface area (Å²) >= 11 is 0. The van der Waals surface area contributed by atoms with Crippen LogP contribution in [0.25, 0.3) is 10.9 Å². The zero-order chi connectivity index (χ0) is 18.1. The van der Waals surface area contributed by atoms with Crippen LogP contribution in [0.1, 0.15) is 41.0 Å². The third kappa shape index (κ3) is 3.01. The number of fused-ring (bicyclic) bond motifs is 2. The second-order valence-electron chi connectivity index (χ2n) is 6.80. The van der Waals surface area contributed by atoms with Crippen LogP contribution in [-0.4, -0.2) is 15.5 Å². The van der Waals surface area contributed by atoms with E-state index in [9.17, 15) is 9.59 Å². The van der Waals surface area contributed by atoms with Crippen LogP contribution in [0.15, 0.2) is 47.3 Å². The fourth-order valence-electron chi connectivity index (χ4n) is 3.47. The van der Waals surface area contributed by atoms with Gasteiger partial charge in [0.25, 0.3) is 11.5 Å². The van der Waals surface area contributed by atoms with Crippen LogP contribution >= 0.6 is 0 Å². The summed E-state index contributed by atoms with van der Waals surface area (Å²) in [4.78, 5) is 30.1. The van der Waals surface area contributed by atoms with Crippen molar-refractivity contribution in [1.82, 2.24) is 9.55 Å². The van der Waals surface area contributed by atoms with E-state index < -0.39 is 0 Å². The van der Waals surface area contributed by atoms with E-state index in [-0.39, 0.29) is 11.5 Å². The number of carbonyl (C=O) groups excluding carboxylic acids is 1. The molecule has 1 aromatic heterocycles. The molecule has 0 atom stereocenters. The number of rotatable bonds is 2. The molecular weight excluding hydrogens is 326 g/mol. The number of benzene rings is 2. The molecule has 0 aliphatic carbocycles. The van der Waals surface area contributed by atoms with E-state index in [2.05, 4.69) is 10.3 Å². The van der Waals surface area contributed by atoms with Crippen molar-refractivity contribution < 1.29 is 4.79 Å². The van der Waals surface area contributed by atoms with E-state index in [1.807, 2.05) is 31.2 Å². The Labute approximate surface area is 151 Å². The van der Waals surface area contributed by atoms with Crippen LogP contribution in [0.2, 0.25) is 0 Å². The van der Waals surface area contributed by atoms with E-state index in [4.69, 9.17) is 0 Å². The van der Waals surface area contributed by atoms with Crippen molar-refractivity contribution in [1.29, 1.82) is 0 Å². The standard InChI is InChI=1S/C21H21N3O2/c1-14-7-4-5-8-17(14)23-20(25)15-10-11-16-18(13-15)22-19-9-3-2-6-12-24(19)21(16)26/h4-5,7-8,10-11,13H,2-3,6,9,12H2,1H3,(H,23,25). The van der Waals surface area contributed by atoms with Gasteiger partial charge in [0.1, 0.15) is 5.82 Å². The van der Waals surface area contributed by atoms with Crippen molar-refractivity contribution in [3.05, 3.63) is 69.8 Å². The summed E-state index contributed by atoms with van der Waals surface area (Å²) in [5.41, 5.74) is 2.89. The Morgan fingerprint density at radius 3 is 2.81 bits per heavy atom. The number of amides is 1. The molecule has 26 heavy (non-hydrogen) atoms. The summed E-state index contributed by atoms with van der Waals surface area (Å²) in [7, 11) is 0. The first kappa shape index (κ1) is 16.5. The zero-order valence-corrected chi connectivity index (χ0v) is 14.8. The molecule has 4 rings (SSSR count). The minimum atomic E-state index is -0.196. The molecule has 0 spiro atoms. The van der Waals surface area contributed by atoms with Crippen LogP contribution in [0.4, 0.5) is 5.69 Å². The maximum Gasteiger partial charge on any atom is 0.261 e. The number of nitrogens with one attached hydrogen (secondary N) is 1. The van der Waals surface area contributed by atoms with Gasteiger partial charge >= 0.3 is 0 Å². The molecule has 5 heteroatoms. The maximum atomic E-state index is 12.8. The molecule has 2 aromatic carbocycles. The topological polar surface area (TPSA) is 64.0 Å². The van der Waals surface area contributed by atoms with E-state index in [0.717, 1.165) is 49.3 Å². The van der Waals surface area contributed by atoms with Crippen molar-refractivity contribution in [3.8, 4) is 0 Å². The maximum absolute atomic E-state index is 12.8. The molecular formula is C21H21N3O2. The minimum absolute atomic E-state index is 0.00207. The predicted octanol–water partition coefficient (Wildman–Crippen LogP) is 3.68. The van der Waals surface area contributed by atoms with Crippen molar-refractivity contribution in [3.63, 3.8) is 0 Å². The first-order chi connectivity index (χ1) is 12.6. The van der Waals surface area contributed by atoms with Gasteiger partial charge in [0, 0.05) is 24.2 Å². The van der Waals surface area contributed by atoms with Gasteiger partial charge in [0.15, 0.2) is 0 Å². The monoisotopic (exact) mass is 347 g/mol. The predicted molar refractivity (Wildman–Crippen MR) is 103 cm³/mol. The Kier molecular flexibility index (Phi) is 4.29. The lowest BCUT2D eigenvalue weighted by Gasteiger charge is -2.11. The van der Waals surface area contributed by atoms with Crippen molar-refractivity contribution in [2.75, 3.05) is 5.32 Å². The second kappa shape index (κ2) is 6.75. The summed E-state index contributed by atoms with van der Waals surface area (Å²) in [6.45, 7) is 2.68. The molecule has 0 fully saturated rings. The number of hydrogen-bond acceptors (Lipinski definition) is 3. The number of carbonyl (C=O) groups is 1. The van der Waals surface area contributed by atoms with Crippen LogP contribution in [-0.2, 0) is 13.0 Å². The van der Waals surface area contributed by atoms with E-state index >= 15 is 0 Å². The minimum Gasteiger partial charge on any atom is -0.322 e. The molecule has 0 bridgehead atoms. The van der Waals surface area contributed by atoms with E-state index in [1.54, 1.807) is 22.8 Å². The third-order valence-corrected chi connectivity index (χ3v) is 4.97. The molecule has 132 valence electrons. The van der Waals surface area contributed by atoms with Crippen molar-refractivity contribution >= 4 is 22.5 Å². The average Bonchev–Trinajstić information content (AvgIpc) is 2.89. The highest BCUT2D eigenvalue weighted by Crippen LogP contribution is 2.18. The highest BCUT2D eigenvalue weighted by molar-refractivity contribution is 6.06. The molecule has 0 saturated carbocycles. The smallest absolute Gasteiger partial charge is 0.261 e. The van der Waals surface area contributed by atoms with Crippen LogP contribution in [0.5, 0.6) is 0 Å². The summed E-state index contributed by atoms with van der Waals surface area (Å²) in [6.07, 6.45) is 3.98. The largest absolute Gasteiger partial charge is 0.322 e. The Balaban J connectivity index is 1.72. The normalized spacial score (nSPS) is 13.9. The summed E-state index contributed by atoms with van der Waals surface area (Å²) in [6, 6.07) is 12.8. The molecule has 1 N–H and O–H groups in total. The molecule has 3 aromatic rings. The number of para-hydroxylation sites is 1.